The predicted octanol–water partition coefficient (Wildman–Crippen LogP) is 3.52. The Labute approximate surface area is 97.8 Å². The Bertz CT molecular complexity index is 463. The first-order chi connectivity index (χ1) is 7.20. The van der Waals surface area contributed by atoms with Crippen molar-refractivity contribution in [3.05, 3.63) is 36.2 Å². The quantitative estimate of drug-likeness (QED) is 0.776. The molecule has 78 valence electrons. The van der Waals surface area contributed by atoms with Crippen LogP contribution >= 0.6 is 15.9 Å². The predicted molar refractivity (Wildman–Crippen MR) is 66.3 cm³/mol. The fourth-order valence-electron chi connectivity index (χ4n) is 1.60. The molecule has 3 heteroatoms. The van der Waals surface area contributed by atoms with Crippen molar-refractivity contribution in [1.29, 1.82) is 0 Å². The summed E-state index contributed by atoms with van der Waals surface area (Å²) in [6.07, 6.45) is 1.81. The monoisotopic (exact) mass is 264 g/mol. The van der Waals surface area contributed by atoms with Crippen LogP contribution in [0.1, 0.15) is 25.5 Å². The van der Waals surface area contributed by atoms with E-state index in [1.54, 1.807) is 0 Å². The van der Waals surface area contributed by atoms with Gasteiger partial charge in [0.15, 0.2) is 0 Å². The zero-order valence-corrected chi connectivity index (χ0v) is 10.4. The third-order valence-corrected chi connectivity index (χ3v) is 3.51. The van der Waals surface area contributed by atoms with Gasteiger partial charge in [0.2, 0.25) is 0 Å². The molecule has 1 aromatic heterocycles. The lowest BCUT2D eigenvalue weighted by Crippen LogP contribution is -2.08. The first-order valence-electron chi connectivity index (χ1n) is 5.04. The molecule has 2 atom stereocenters. The van der Waals surface area contributed by atoms with Crippen LogP contribution in [0, 0.1) is 0 Å². The van der Waals surface area contributed by atoms with Crippen molar-refractivity contribution >= 4 is 26.7 Å². The second-order valence-electron chi connectivity index (χ2n) is 3.78. The maximum Gasteiger partial charge on any atom is 0.0748 e. The molecule has 0 fully saturated rings. The summed E-state index contributed by atoms with van der Waals surface area (Å²) < 4.78 is 0. The molecule has 0 N–H and O–H groups in total. The highest BCUT2D eigenvalue weighted by Crippen LogP contribution is 2.27. The van der Waals surface area contributed by atoms with Gasteiger partial charge in [-0.2, -0.15) is 10.2 Å². The van der Waals surface area contributed by atoms with E-state index in [0.717, 1.165) is 11.1 Å². The van der Waals surface area contributed by atoms with Crippen molar-refractivity contribution in [2.75, 3.05) is 0 Å². The maximum atomic E-state index is 4.25. The molecule has 2 aromatic rings. The third-order valence-electron chi connectivity index (χ3n) is 2.72. The molecule has 2 nitrogen and oxygen atoms in total. The van der Waals surface area contributed by atoms with Gasteiger partial charge in [0.25, 0.3) is 0 Å². The molecule has 1 heterocycles. The Morgan fingerprint density at radius 3 is 2.67 bits per heavy atom. The number of benzene rings is 1. The summed E-state index contributed by atoms with van der Waals surface area (Å²) in [7, 11) is 0. The normalized spacial score (nSPS) is 15.1. The van der Waals surface area contributed by atoms with Crippen molar-refractivity contribution in [2.45, 2.75) is 24.6 Å². The zero-order chi connectivity index (χ0) is 10.8. The molecule has 2 unspecified atom stereocenters. The minimum absolute atomic E-state index is 0.364. The van der Waals surface area contributed by atoms with Gasteiger partial charge >= 0.3 is 0 Å². The minimum atomic E-state index is 0.364. The van der Waals surface area contributed by atoms with E-state index in [0.29, 0.717) is 10.7 Å². The number of hydrogen-bond acceptors (Lipinski definition) is 2. The van der Waals surface area contributed by atoms with Gasteiger partial charge in [0, 0.05) is 21.5 Å². The van der Waals surface area contributed by atoms with Crippen LogP contribution in [0.3, 0.4) is 0 Å². The van der Waals surface area contributed by atoms with Gasteiger partial charge in [-0.05, 0) is 0 Å². The van der Waals surface area contributed by atoms with E-state index in [-0.39, 0.29) is 0 Å². The van der Waals surface area contributed by atoms with Gasteiger partial charge in [-0.1, -0.05) is 54.0 Å². The van der Waals surface area contributed by atoms with Crippen molar-refractivity contribution in [2.24, 2.45) is 0 Å². The van der Waals surface area contributed by atoms with Crippen molar-refractivity contribution in [3.8, 4) is 0 Å². The molecule has 0 saturated carbocycles. The molecule has 0 spiro atoms. The van der Waals surface area contributed by atoms with Crippen LogP contribution in [0.4, 0.5) is 0 Å². The molecule has 2 rings (SSSR count). The molecule has 1 aromatic carbocycles. The Balaban J connectivity index is 2.60. The average molecular weight is 265 g/mol. The van der Waals surface area contributed by atoms with E-state index < -0.39 is 0 Å². The van der Waals surface area contributed by atoms with Crippen molar-refractivity contribution < 1.29 is 0 Å². The van der Waals surface area contributed by atoms with E-state index in [2.05, 4.69) is 52.1 Å². The van der Waals surface area contributed by atoms with Gasteiger partial charge in [-0.15, -0.1) is 0 Å². The highest BCUT2D eigenvalue weighted by Gasteiger charge is 2.15. The fraction of sp³-hybridized carbons (Fsp3) is 0.333. The molecule has 0 bridgehead atoms. The van der Waals surface area contributed by atoms with Crippen LogP contribution < -0.4 is 0 Å². The van der Waals surface area contributed by atoms with E-state index >= 15 is 0 Å². The summed E-state index contributed by atoms with van der Waals surface area (Å²) in [5.74, 6) is 0.364. The molecular weight excluding hydrogens is 252 g/mol. The van der Waals surface area contributed by atoms with Crippen LogP contribution in [-0.4, -0.2) is 15.0 Å². The van der Waals surface area contributed by atoms with Crippen LogP contribution in [0.2, 0.25) is 0 Å². The first-order valence-corrected chi connectivity index (χ1v) is 5.96. The van der Waals surface area contributed by atoms with Gasteiger partial charge in [0.05, 0.1) is 11.9 Å². The summed E-state index contributed by atoms with van der Waals surface area (Å²) >= 11 is 3.59. The Morgan fingerprint density at radius 1 is 1.20 bits per heavy atom. The Morgan fingerprint density at radius 2 is 1.93 bits per heavy atom. The molecule has 0 aliphatic heterocycles. The van der Waals surface area contributed by atoms with Crippen LogP contribution in [0.15, 0.2) is 30.5 Å². The average Bonchev–Trinajstić information content (AvgIpc) is 2.27. The van der Waals surface area contributed by atoms with E-state index in [1.165, 1.54) is 5.39 Å². The molecule has 0 saturated heterocycles. The standard InChI is InChI=1S/C12H13BrN2/c1-8(9(2)13)12-11-6-4-3-5-10(11)7-14-15-12/h3-9H,1-2H3. The summed E-state index contributed by atoms with van der Waals surface area (Å²) in [6.45, 7) is 4.30. The number of aromatic nitrogens is 2. The number of nitrogens with zero attached hydrogens (tertiary/aromatic N) is 2. The number of alkyl halides is 1. The Hall–Kier alpha value is -0.960. The highest BCUT2D eigenvalue weighted by atomic mass is 79.9. The summed E-state index contributed by atoms with van der Waals surface area (Å²) in [6, 6.07) is 8.24. The molecule has 0 amide bonds. The van der Waals surface area contributed by atoms with Crippen molar-refractivity contribution in [3.63, 3.8) is 0 Å². The minimum Gasteiger partial charge on any atom is -0.158 e. The SMILES string of the molecule is CC(Br)C(C)c1nncc2ccccc12. The summed E-state index contributed by atoms with van der Waals surface area (Å²) in [5, 5.41) is 10.6. The van der Waals surface area contributed by atoms with Gasteiger partial charge in [0.1, 0.15) is 0 Å². The van der Waals surface area contributed by atoms with Gasteiger partial charge in [-0.25, -0.2) is 0 Å². The zero-order valence-electron chi connectivity index (χ0n) is 8.81. The van der Waals surface area contributed by atoms with E-state index in [4.69, 9.17) is 0 Å². The molecule has 0 aliphatic carbocycles. The molecule has 15 heavy (non-hydrogen) atoms. The molecular formula is C12H13BrN2. The second-order valence-corrected chi connectivity index (χ2v) is 5.23. The van der Waals surface area contributed by atoms with E-state index in [9.17, 15) is 0 Å². The second kappa shape index (κ2) is 4.27. The number of fused-ring (bicyclic) bond motifs is 1. The topological polar surface area (TPSA) is 25.8 Å². The first kappa shape index (κ1) is 10.6. The highest BCUT2D eigenvalue weighted by molar-refractivity contribution is 9.09. The summed E-state index contributed by atoms with van der Waals surface area (Å²) in [5.41, 5.74) is 1.07. The van der Waals surface area contributed by atoms with Gasteiger partial charge < -0.3 is 0 Å². The van der Waals surface area contributed by atoms with Crippen LogP contribution in [0.25, 0.3) is 10.8 Å². The number of hydrogen-bond donors (Lipinski definition) is 0. The lowest BCUT2D eigenvalue weighted by molar-refractivity contribution is 0.722. The number of rotatable bonds is 2. The maximum absolute atomic E-state index is 4.25. The fourth-order valence-corrected chi connectivity index (χ4v) is 1.85. The largest absolute Gasteiger partial charge is 0.158 e. The molecule has 0 radical (unpaired) electrons. The number of halogens is 1. The van der Waals surface area contributed by atoms with E-state index in [1.807, 2.05) is 18.3 Å². The van der Waals surface area contributed by atoms with Crippen LogP contribution in [-0.2, 0) is 0 Å². The smallest absolute Gasteiger partial charge is 0.0748 e. The van der Waals surface area contributed by atoms with Crippen LogP contribution in [0.5, 0.6) is 0 Å². The molecule has 0 aliphatic rings. The summed E-state index contributed by atoms with van der Waals surface area (Å²) in [4.78, 5) is 0.401. The van der Waals surface area contributed by atoms with Gasteiger partial charge in [-0.3, -0.25) is 0 Å². The Kier molecular flexibility index (Phi) is 3.00. The third kappa shape index (κ3) is 2.02. The van der Waals surface area contributed by atoms with Crippen molar-refractivity contribution in [1.82, 2.24) is 10.2 Å². The lowest BCUT2D eigenvalue weighted by Gasteiger charge is -2.14. The lowest BCUT2D eigenvalue weighted by atomic mass is 9.99.